The van der Waals surface area contributed by atoms with Crippen LogP contribution < -0.4 is 4.57 Å². The van der Waals surface area contributed by atoms with Crippen molar-refractivity contribution in [2.45, 2.75) is 39.7 Å². The molecule has 0 aliphatic rings. The molecule has 0 aliphatic carbocycles. The first-order chi connectivity index (χ1) is 7.86. The lowest BCUT2D eigenvalue weighted by Crippen LogP contribution is -2.32. The summed E-state index contributed by atoms with van der Waals surface area (Å²) in [6, 6.07) is 4.44. The first-order valence-corrected chi connectivity index (χ1v) is 7.57. The number of aryl methyl sites for hydroxylation is 2. The lowest BCUT2D eigenvalue weighted by molar-refractivity contribution is -0.697. The molecule has 1 rings (SSSR count). The van der Waals surface area contributed by atoms with Crippen molar-refractivity contribution in [3.8, 4) is 0 Å². The number of nitrogens with zero attached hydrogens (tertiary/aromatic N) is 1. The minimum absolute atomic E-state index is 0.604. The van der Waals surface area contributed by atoms with Gasteiger partial charge in [-0.05, 0) is 12.0 Å². The summed E-state index contributed by atoms with van der Waals surface area (Å²) >= 11 is 0. The molecule has 1 heterocycles. The van der Waals surface area contributed by atoms with E-state index in [0.29, 0.717) is 6.26 Å². The van der Waals surface area contributed by atoms with Gasteiger partial charge in [0.15, 0.2) is 12.4 Å². The largest absolute Gasteiger partial charge is 0.748 e. The first kappa shape index (κ1) is 16.1. The van der Waals surface area contributed by atoms with Crippen molar-refractivity contribution in [2.75, 3.05) is 6.26 Å². The number of rotatable bonds is 4. The van der Waals surface area contributed by atoms with Crippen LogP contribution in [0.5, 0.6) is 0 Å². The van der Waals surface area contributed by atoms with Gasteiger partial charge in [-0.25, -0.2) is 13.0 Å². The summed E-state index contributed by atoms with van der Waals surface area (Å²) in [6.45, 7) is 5.55. The van der Waals surface area contributed by atoms with E-state index in [0.717, 1.165) is 6.54 Å². The van der Waals surface area contributed by atoms with E-state index in [4.69, 9.17) is 13.0 Å². The quantitative estimate of drug-likeness (QED) is 0.608. The van der Waals surface area contributed by atoms with Crippen molar-refractivity contribution in [2.24, 2.45) is 0 Å². The molecule has 98 valence electrons. The van der Waals surface area contributed by atoms with Crippen LogP contribution in [0.25, 0.3) is 0 Å². The maximum atomic E-state index is 9.08. The Morgan fingerprint density at radius 1 is 1.18 bits per heavy atom. The highest BCUT2D eigenvalue weighted by Gasteiger charge is 1.97. The molecule has 0 amide bonds. The Balaban J connectivity index is 0.000000437. The second-order valence-corrected chi connectivity index (χ2v) is 5.31. The molecule has 0 saturated heterocycles. The predicted molar refractivity (Wildman–Crippen MR) is 66.5 cm³/mol. The number of hydrogen-bond acceptors (Lipinski definition) is 3. The number of hydrogen-bond donors (Lipinski definition) is 0. The van der Waals surface area contributed by atoms with E-state index < -0.39 is 10.1 Å². The van der Waals surface area contributed by atoms with Crippen LogP contribution in [0.3, 0.4) is 0 Å². The standard InChI is InChI=1S/C11H18N.CH4O3S/c1-3-5-11-6-9-12(8-4-2)10-7-11;1-5(2,3)4/h6-7,9-10H,3-5,8H2,1-2H3;1H3,(H,2,3,4)/q+1;/p-1. The molecule has 1 aromatic rings. The Morgan fingerprint density at radius 2 is 1.65 bits per heavy atom. The highest BCUT2D eigenvalue weighted by atomic mass is 32.2. The van der Waals surface area contributed by atoms with Crippen LogP contribution in [-0.4, -0.2) is 19.2 Å². The minimum atomic E-state index is -3.92. The SMILES string of the molecule is CCCc1cc[n+](CCC)cc1.CS(=O)(=O)[O-]. The molecule has 0 aliphatic heterocycles. The topological polar surface area (TPSA) is 61.1 Å². The van der Waals surface area contributed by atoms with Crippen molar-refractivity contribution >= 4 is 10.1 Å². The summed E-state index contributed by atoms with van der Waals surface area (Å²) < 4.78 is 29.5. The van der Waals surface area contributed by atoms with Crippen LogP contribution in [0.15, 0.2) is 24.5 Å². The van der Waals surface area contributed by atoms with E-state index >= 15 is 0 Å². The maximum Gasteiger partial charge on any atom is 0.169 e. The van der Waals surface area contributed by atoms with Crippen LogP contribution in [0.1, 0.15) is 32.3 Å². The molecule has 0 atom stereocenters. The fourth-order valence-corrected chi connectivity index (χ4v) is 1.35. The molecule has 0 spiro atoms. The van der Waals surface area contributed by atoms with E-state index in [1.807, 2.05) is 0 Å². The summed E-state index contributed by atoms with van der Waals surface area (Å²) in [6.07, 6.45) is 8.60. The smallest absolute Gasteiger partial charge is 0.169 e. The molecule has 0 fully saturated rings. The van der Waals surface area contributed by atoms with Gasteiger partial charge in [-0.3, -0.25) is 0 Å². The zero-order valence-corrected chi connectivity index (χ0v) is 11.5. The van der Waals surface area contributed by atoms with Gasteiger partial charge in [0, 0.05) is 24.8 Å². The molecule has 17 heavy (non-hydrogen) atoms. The third-order valence-electron chi connectivity index (χ3n) is 1.98. The lowest BCUT2D eigenvalue weighted by Gasteiger charge is -1.96. The third kappa shape index (κ3) is 11.3. The highest BCUT2D eigenvalue weighted by Crippen LogP contribution is 1.98. The van der Waals surface area contributed by atoms with E-state index in [1.165, 1.54) is 24.8 Å². The minimum Gasteiger partial charge on any atom is -0.748 e. The van der Waals surface area contributed by atoms with Crippen LogP contribution in [-0.2, 0) is 23.1 Å². The second-order valence-electron chi connectivity index (χ2n) is 3.90. The zero-order chi connectivity index (χ0) is 13.3. The predicted octanol–water partition coefficient (Wildman–Crippen LogP) is 1.50. The molecule has 1 aromatic heterocycles. The molecule has 0 radical (unpaired) electrons. The molecular formula is C12H21NO3S. The molecule has 0 aromatic carbocycles. The summed E-state index contributed by atoms with van der Waals surface area (Å²) in [7, 11) is -3.92. The maximum absolute atomic E-state index is 9.08. The van der Waals surface area contributed by atoms with Gasteiger partial charge in [-0.2, -0.15) is 0 Å². The van der Waals surface area contributed by atoms with E-state index in [2.05, 4.69) is 42.9 Å². The van der Waals surface area contributed by atoms with Crippen molar-refractivity contribution in [1.29, 1.82) is 0 Å². The van der Waals surface area contributed by atoms with Gasteiger partial charge in [0.2, 0.25) is 0 Å². The van der Waals surface area contributed by atoms with E-state index in [-0.39, 0.29) is 0 Å². The fraction of sp³-hybridized carbons (Fsp3) is 0.583. The molecule has 0 bridgehead atoms. The van der Waals surface area contributed by atoms with Gasteiger partial charge >= 0.3 is 0 Å². The van der Waals surface area contributed by atoms with Crippen LogP contribution in [0.4, 0.5) is 0 Å². The Morgan fingerprint density at radius 3 is 2.00 bits per heavy atom. The summed E-state index contributed by atoms with van der Waals surface area (Å²) in [5.41, 5.74) is 1.45. The van der Waals surface area contributed by atoms with Gasteiger partial charge in [-0.1, -0.05) is 20.3 Å². The van der Waals surface area contributed by atoms with Crippen LogP contribution >= 0.6 is 0 Å². The number of aromatic nitrogens is 1. The van der Waals surface area contributed by atoms with Crippen LogP contribution in [0.2, 0.25) is 0 Å². The Kier molecular flexibility index (Phi) is 7.74. The average molecular weight is 259 g/mol. The Labute approximate surface area is 104 Å². The second kappa shape index (κ2) is 8.20. The highest BCUT2D eigenvalue weighted by molar-refractivity contribution is 7.84. The monoisotopic (exact) mass is 259 g/mol. The molecule has 0 unspecified atom stereocenters. The van der Waals surface area contributed by atoms with Crippen molar-refractivity contribution < 1.29 is 17.5 Å². The fourth-order valence-electron chi connectivity index (χ4n) is 1.35. The van der Waals surface area contributed by atoms with Gasteiger partial charge in [-0.15, -0.1) is 0 Å². The zero-order valence-electron chi connectivity index (χ0n) is 10.7. The first-order valence-electron chi connectivity index (χ1n) is 5.75. The van der Waals surface area contributed by atoms with Crippen LogP contribution in [0, 0.1) is 0 Å². The lowest BCUT2D eigenvalue weighted by atomic mass is 10.1. The Bertz CT molecular complexity index is 365. The van der Waals surface area contributed by atoms with Crippen molar-refractivity contribution in [3.63, 3.8) is 0 Å². The van der Waals surface area contributed by atoms with E-state index in [1.54, 1.807) is 0 Å². The molecule has 4 nitrogen and oxygen atoms in total. The third-order valence-corrected chi connectivity index (χ3v) is 1.98. The summed E-state index contributed by atoms with van der Waals surface area (Å²) in [5.74, 6) is 0. The molecular weight excluding hydrogens is 238 g/mol. The number of pyridine rings is 1. The summed E-state index contributed by atoms with van der Waals surface area (Å²) in [4.78, 5) is 0. The van der Waals surface area contributed by atoms with Crippen molar-refractivity contribution in [3.05, 3.63) is 30.1 Å². The van der Waals surface area contributed by atoms with Crippen molar-refractivity contribution in [1.82, 2.24) is 0 Å². The van der Waals surface area contributed by atoms with Gasteiger partial charge in [0.1, 0.15) is 6.54 Å². The Hall–Kier alpha value is -0.940. The average Bonchev–Trinajstić information content (AvgIpc) is 2.19. The van der Waals surface area contributed by atoms with Gasteiger partial charge in [0.25, 0.3) is 0 Å². The molecule has 0 saturated carbocycles. The normalized spacial score (nSPS) is 10.6. The van der Waals surface area contributed by atoms with Gasteiger partial charge < -0.3 is 4.55 Å². The van der Waals surface area contributed by atoms with E-state index in [9.17, 15) is 0 Å². The van der Waals surface area contributed by atoms with Gasteiger partial charge in [0.05, 0.1) is 10.1 Å². The molecule has 5 heteroatoms. The molecule has 0 N–H and O–H groups in total. The summed E-state index contributed by atoms with van der Waals surface area (Å²) in [5, 5.41) is 0.